The summed E-state index contributed by atoms with van der Waals surface area (Å²) >= 11 is 17.7. The van der Waals surface area contributed by atoms with Crippen molar-refractivity contribution in [1.82, 2.24) is 5.43 Å². The Bertz CT molecular complexity index is 809. The molecule has 25 heavy (non-hydrogen) atoms. The zero-order valence-corrected chi connectivity index (χ0v) is 15.2. The molecule has 0 aromatic heterocycles. The first kappa shape index (κ1) is 19.2. The van der Waals surface area contributed by atoms with Gasteiger partial charge in [0.1, 0.15) is 0 Å². The first-order chi connectivity index (χ1) is 12.0. The third-order valence-corrected chi connectivity index (χ3v) is 3.97. The lowest BCUT2D eigenvalue weighted by Crippen LogP contribution is -2.20. The molecule has 2 rings (SSSR count). The number of hydrogen-bond acceptors (Lipinski definition) is 3. The molecule has 0 saturated carbocycles. The summed E-state index contributed by atoms with van der Waals surface area (Å²) < 4.78 is 0. The van der Waals surface area contributed by atoms with E-state index in [-0.39, 0.29) is 18.7 Å². The number of para-hydroxylation sites is 1. The maximum absolute atomic E-state index is 11.8. The van der Waals surface area contributed by atoms with E-state index in [4.69, 9.17) is 34.8 Å². The molecule has 0 heterocycles. The molecule has 0 saturated heterocycles. The van der Waals surface area contributed by atoms with Gasteiger partial charge in [0.05, 0.1) is 21.9 Å². The number of nitrogens with one attached hydrogen (secondary N) is 2. The Morgan fingerprint density at radius 3 is 2.40 bits per heavy atom. The molecule has 0 aliphatic carbocycles. The van der Waals surface area contributed by atoms with E-state index in [1.54, 1.807) is 42.5 Å². The number of benzene rings is 2. The quantitative estimate of drug-likeness (QED) is 0.555. The summed E-state index contributed by atoms with van der Waals surface area (Å²) in [4.78, 5) is 23.5. The normalized spacial score (nSPS) is 10.7. The molecule has 0 bridgehead atoms. The van der Waals surface area contributed by atoms with Gasteiger partial charge in [0, 0.05) is 23.4 Å². The molecule has 5 nitrogen and oxygen atoms in total. The molecule has 130 valence electrons. The SMILES string of the molecule is O=C(CCC(=O)Nc1ccccc1Cl)NN=Cc1ccc(Cl)cc1Cl. The van der Waals surface area contributed by atoms with Crippen molar-refractivity contribution in [3.05, 3.63) is 63.1 Å². The topological polar surface area (TPSA) is 70.6 Å². The van der Waals surface area contributed by atoms with Crippen LogP contribution in [0.3, 0.4) is 0 Å². The summed E-state index contributed by atoms with van der Waals surface area (Å²) in [5, 5.41) is 7.81. The van der Waals surface area contributed by atoms with Crippen LogP contribution >= 0.6 is 34.8 Å². The van der Waals surface area contributed by atoms with Gasteiger partial charge in [-0.1, -0.05) is 53.0 Å². The molecule has 8 heteroatoms. The van der Waals surface area contributed by atoms with Crippen molar-refractivity contribution in [3.63, 3.8) is 0 Å². The molecule has 0 atom stereocenters. The Morgan fingerprint density at radius 2 is 1.68 bits per heavy atom. The monoisotopic (exact) mass is 397 g/mol. The van der Waals surface area contributed by atoms with Crippen molar-refractivity contribution >= 4 is 58.5 Å². The summed E-state index contributed by atoms with van der Waals surface area (Å²) in [5.41, 5.74) is 3.45. The lowest BCUT2D eigenvalue weighted by Gasteiger charge is -2.06. The van der Waals surface area contributed by atoms with Crippen molar-refractivity contribution in [2.24, 2.45) is 5.10 Å². The molecule has 2 aromatic rings. The third-order valence-electron chi connectivity index (χ3n) is 3.08. The number of amides is 2. The van der Waals surface area contributed by atoms with Gasteiger partial charge in [-0.25, -0.2) is 5.43 Å². The maximum Gasteiger partial charge on any atom is 0.240 e. The minimum Gasteiger partial charge on any atom is -0.325 e. The molecular weight excluding hydrogens is 385 g/mol. The predicted molar refractivity (Wildman–Crippen MR) is 102 cm³/mol. The van der Waals surface area contributed by atoms with Crippen LogP contribution in [-0.2, 0) is 9.59 Å². The van der Waals surface area contributed by atoms with Gasteiger partial charge in [-0.05, 0) is 24.3 Å². The molecule has 0 spiro atoms. The first-order valence-electron chi connectivity index (χ1n) is 7.27. The van der Waals surface area contributed by atoms with E-state index in [1.807, 2.05) is 0 Å². The van der Waals surface area contributed by atoms with E-state index < -0.39 is 5.91 Å². The highest BCUT2D eigenvalue weighted by Crippen LogP contribution is 2.21. The van der Waals surface area contributed by atoms with Gasteiger partial charge in [-0.3, -0.25) is 9.59 Å². The number of rotatable bonds is 6. The van der Waals surface area contributed by atoms with E-state index in [0.717, 1.165) is 0 Å². The molecule has 0 fully saturated rings. The Morgan fingerprint density at radius 1 is 0.960 bits per heavy atom. The zero-order valence-electron chi connectivity index (χ0n) is 12.9. The summed E-state index contributed by atoms with van der Waals surface area (Å²) in [5.74, 6) is -0.705. The molecule has 0 radical (unpaired) electrons. The molecule has 2 N–H and O–H groups in total. The lowest BCUT2D eigenvalue weighted by atomic mass is 10.2. The standard InChI is InChI=1S/C17H14Cl3N3O2/c18-12-6-5-11(14(20)9-12)10-21-23-17(25)8-7-16(24)22-15-4-2-1-3-13(15)19/h1-6,9-10H,7-8H2,(H,22,24)(H,23,25). The number of halogens is 3. The average Bonchev–Trinajstić information content (AvgIpc) is 2.57. The highest BCUT2D eigenvalue weighted by Gasteiger charge is 2.08. The second kappa shape index (κ2) is 9.42. The molecular formula is C17H14Cl3N3O2. The second-order valence-corrected chi connectivity index (χ2v) is 6.24. The van der Waals surface area contributed by atoms with Gasteiger partial charge in [-0.2, -0.15) is 5.10 Å². The van der Waals surface area contributed by atoms with Crippen molar-refractivity contribution in [1.29, 1.82) is 0 Å². The second-order valence-electron chi connectivity index (χ2n) is 4.99. The van der Waals surface area contributed by atoms with E-state index in [1.165, 1.54) is 6.21 Å². The van der Waals surface area contributed by atoms with Crippen LogP contribution in [0.4, 0.5) is 5.69 Å². The van der Waals surface area contributed by atoms with Crippen LogP contribution in [0, 0.1) is 0 Å². The Hall–Kier alpha value is -2.08. The van der Waals surface area contributed by atoms with Crippen LogP contribution in [-0.4, -0.2) is 18.0 Å². The number of carbonyl (C=O) groups excluding carboxylic acids is 2. The molecule has 0 aliphatic heterocycles. The van der Waals surface area contributed by atoms with Crippen molar-refractivity contribution in [2.45, 2.75) is 12.8 Å². The minimum absolute atomic E-state index is 0.00821. The minimum atomic E-state index is -0.393. The van der Waals surface area contributed by atoms with Crippen LogP contribution in [0.2, 0.25) is 15.1 Å². The summed E-state index contributed by atoms with van der Waals surface area (Å²) in [6.07, 6.45) is 1.40. The summed E-state index contributed by atoms with van der Waals surface area (Å²) in [7, 11) is 0. The van der Waals surface area contributed by atoms with Gasteiger partial charge in [0.25, 0.3) is 0 Å². The predicted octanol–water partition coefficient (Wildman–Crippen LogP) is 4.52. The van der Waals surface area contributed by atoms with Gasteiger partial charge in [0.15, 0.2) is 0 Å². The largest absolute Gasteiger partial charge is 0.325 e. The number of anilines is 1. The molecule has 2 aromatic carbocycles. The van der Waals surface area contributed by atoms with Gasteiger partial charge in [0.2, 0.25) is 11.8 Å². The Balaban J connectivity index is 1.77. The highest BCUT2D eigenvalue weighted by atomic mass is 35.5. The fourth-order valence-electron chi connectivity index (χ4n) is 1.84. The van der Waals surface area contributed by atoms with Crippen LogP contribution in [0.25, 0.3) is 0 Å². The van der Waals surface area contributed by atoms with Crippen LogP contribution in [0.1, 0.15) is 18.4 Å². The lowest BCUT2D eigenvalue weighted by molar-refractivity contribution is -0.124. The molecule has 0 aliphatic rings. The van der Waals surface area contributed by atoms with E-state index in [0.29, 0.717) is 26.3 Å². The van der Waals surface area contributed by atoms with Gasteiger partial charge in [-0.15, -0.1) is 0 Å². The fraction of sp³-hybridized carbons (Fsp3) is 0.118. The summed E-state index contributed by atoms with van der Waals surface area (Å²) in [6, 6.07) is 11.8. The maximum atomic E-state index is 11.8. The first-order valence-corrected chi connectivity index (χ1v) is 8.40. The van der Waals surface area contributed by atoms with Crippen LogP contribution in [0.5, 0.6) is 0 Å². The summed E-state index contributed by atoms with van der Waals surface area (Å²) in [6.45, 7) is 0. The van der Waals surface area contributed by atoms with Gasteiger partial charge >= 0.3 is 0 Å². The van der Waals surface area contributed by atoms with Crippen molar-refractivity contribution in [3.8, 4) is 0 Å². The highest BCUT2D eigenvalue weighted by molar-refractivity contribution is 6.36. The zero-order chi connectivity index (χ0) is 18.2. The number of hydrogen-bond donors (Lipinski definition) is 2. The third kappa shape index (κ3) is 6.38. The van der Waals surface area contributed by atoms with E-state index in [2.05, 4.69) is 15.8 Å². The van der Waals surface area contributed by atoms with E-state index >= 15 is 0 Å². The average molecular weight is 399 g/mol. The van der Waals surface area contributed by atoms with Gasteiger partial charge < -0.3 is 5.32 Å². The van der Waals surface area contributed by atoms with Crippen molar-refractivity contribution < 1.29 is 9.59 Å². The number of carbonyl (C=O) groups is 2. The number of hydrazone groups is 1. The Kier molecular flexibility index (Phi) is 7.25. The number of nitrogens with zero attached hydrogens (tertiary/aromatic N) is 1. The molecule has 2 amide bonds. The van der Waals surface area contributed by atoms with Crippen LogP contribution < -0.4 is 10.7 Å². The Labute approximate surface area is 160 Å². The smallest absolute Gasteiger partial charge is 0.240 e. The fourth-order valence-corrected chi connectivity index (χ4v) is 2.48. The van der Waals surface area contributed by atoms with Crippen molar-refractivity contribution in [2.75, 3.05) is 5.32 Å². The van der Waals surface area contributed by atoms with Crippen LogP contribution in [0.15, 0.2) is 47.6 Å². The molecule has 0 unspecified atom stereocenters. The van der Waals surface area contributed by atoms with E-state index in [9.17, 15) is 9.59 Å².